The van der Waals surface area contributed by atoms with E-state index in [0.717, 1.165) is 18.0 Å². The summed E-state index contributed by atoms with van der Waals surface area (Å²) >= 11 is 0. The van der Waals surface area contributed by atoms with Gasteiger partial charge in [0.25, 0.3) is 0 Å². The molecule has 5 heteroatoms. The Bertz CT molecular complexity index is 511. The van der Waals surface area contributed by atoms with Gasteiger partial charge in [-0.05, 0) is 18.1 Å². The standard InChI is InChI=1S/C11H11F3N2/c1-6(2)9-4-7-3-8(11(12,13)14)5-15-10(7)16-9/h3-6H,1-2H3,(H,15,16). The highest BCUT2D eigenvalue weighted by molar-refractivity contribution is 5.77. The van der Waals surface area contributed by atoms with E-state index in [9.17, 15) is 13.2 Å². The number of pyridine rings is 1. The predicted octanol–water partition coefficient (Wildman–Crippen LogP) is 3.71. The monoisotopic (exact) mass is 228 g/mol. The first-order valence-electron chi connectivity index (χ1n) is 4.94. The number of nitrogens with zero attached hydrogens (tertiary/aromatic N) is 1. The minimum absolute atomic E-state index is 0.239. The van der Waals surface area contributed by atoms with Crippen LogP contribution < -0.4 is 0 Å². The van der Waals surface area contributed by atoms with Gasteiger partial charge in [0, 0.05) is 17.3 Å². The van der Waals surface area contributed by atoms with Crippen LogP contribution in [0.2, 0.25) is 0 Å². The van der Waals surface area contributed by atoms with Gasteiger partial charge >= 0.3 is 6.18 Å². The maximum Gasteiger partial charge on any atom is 0.417 e. The van der Waals surface area contributed by atoms with Crippen molar-refractivity contribution in [2.75, 3.05) is 0 Å². The first-order chi connectivity index (χ1) is 7.38. The SMILES string of the molecule is CC(C)c1cc2cc(C(F)(F)F)cnc2[nH]1. The lowest BCUT2D eigenvalue weighted by atomic mass is 10.1. The van der Waals surface area contributed by atoms with Gasteiger partial charge in [-0.3, -0.25) is 0 Å². The number of fused-ring (bicyclic) bond motifs is 1. The molecule has 0 aliphatic carbocycles. The zero-order valence-corrected chi connectivity index (χ0v) is 8.89. The average molecular weight is 228 g/mol. The molecule has 0 bridgehead atoms. The van der Waals surface area contributed by atoms with E-state index in [-0.39, 0.29) is 5.92 Å². The second-order valence-corrected chi connectivity index (χ2v) is 4.04. The maximum absolute atomic E-state index is 12.4. The highest BCUT2D eigenvalue weighted by atomic mass is 19.4. The number of rotatable bonds is 1. The van der Waals surface area contributed by atoms with Gasteiger partial charge in [0.05, 0.1) is 5.56 Å². The Kier molecular flexibility index (Phi) is 2.40. The molecule has 2 heterocycles. The van der Waals surface area contributed by atoms with Gasteiger partial charge in [0.1, 0.15) is 5.65 Å². The van der Waals surface area contributed by atoms with Crippen LogP contribution in [-0.2, 0) is 6.18 Å². The highest BCUT2D eigenvalue weighted by Gasteiger charge is 2.31. The molecule has 0 aromatic carbocycles. The number of nitrogens with one attached hydrogen (secondary N) is 1. The third kappa shape index (κ3) is 1.89. The molecule has 16 heavy (non-hydrogen) atoms. The Morgan fingerprint density at radius 1 is 1.25 bits per heavy atom. The Hall–Kier alpha value is -1.52. The summed E-state index contributed by atoms with van der Waals surface area (Å²) in [4.78, 5) is 6.77. The van der Waals surface area contributed by atoms with Crippen LogP contribution in [0.5, 0.6) is 0 Å². The topological polar surface area (TPSA) is 28.7 Å². The van der Waals surface area contributed by atoms with Crippen LogP contribution in [0.3, 0.4) is 0 Å². The van der Waals surface area contributed by atoms with E-state index in [1.54, 1.807) is 6.07 Å². The smallest absolute Gasteiger partial charge is 0.343 e. The third-order valence-corrected chi connectivity index (χ3v) is 2.44. The molecule has 0 amide bonds. The number of hydrogen-bond donors (Lipinski definition) is 1. The van der Waals surface area contributed by atoms with Crippen molar-refractivity contribution < 1.29 is 13.2 Å². The second-order valence-electron chi connectivity index (χ2n) is 4.04. The quantitative estimate of drug-likeness (QED) is 0.792. The lowest BCUT2D eigenvalue weighted by Crippen LogP contribution is -2.04. The average Bonchev–Trinajstić information content (AvgIpc) is 2.58. The van der Waals surface area contributed by atoms with Crippen LogP contribution in [0.25, 0.3) is 11.0 Å². The first-order valence-corrected chi connectivity index (χ1v) is 4.94. The summed E-state index contributed by atoms with van der Waals surface area (Å²) in [5.74, 6) is 0.239. The van der Waals surface area contributed by atoms with Crippen LogP contribution in [0.4, 0.5) is 13.2 Å². The first kappa shape index (κ1) is 11.0. The third-order valence-electron chi connectivity index (χ3n) is 2.44. The molecule has 0 atom stereocenters. The Morgan fingerprint density at radius 2 is 1.94 bits per heavy atom. The molecular formula is C11H11F3N2. The van der Waals surface area contributed by atoms with E-state index in [4.69, 9.17) is 0 Å². The fraction of sp³-hybridized carbons (Fsp3) is 0.364. The number of alkyl halides is 3. The lowest BCUT2D eigenvalue weighted by Gasteiger charge is -2.04. The van der Waals surface area contributed by atoms with Gasteiger partial charge in [-0.15, -0.1) is 0 Å². The number of H-pyrrole nitrogens is 1. The Labute approximate surface area is 90.5 Å². The summed E-state index contributed by atoms with van der Waals surface area (Å²) in [6.07, 6.45) is -3.49. The summed E-state index contributed by atoms with van der Waals surface area (Å²) < 4.78 is 37.3. The second kappa shape index (κ2) is 3.50. The van der Waals surface area contributed by atoms with Gasteiger partial charge in [0.2, 0.25) is 0 Å². The van der Waals surface area contributed by atoms with Crippen molar-refractivity contribution in [2.45, 2.75) is 25.9 Å². The Morgan fingerprint density at radius 3 is 2.50 bits per heavy atom. The summed E-state index contributed by atoms with van der Waals surface area (Å²) in [5.41, 5.74) is 0.674. The number of hydrogen-bond acceptors (Lipinski definition) is 1. The normalized spacial score (nSPS) is 12.6. The summed E-state index contributed by atoms with van der Waals surface area (Å²) in [5, 5.41) is 0.499. The lowest BCUT2D eigenvalue weighted by molar-refractivity contribution is -0.137. The molecule has 0 aliphatic heterocycles. The van der Waals surface area contributed by atoms with E-state index in [2.05, 4.69) is 9.97 Å². The number of aromatic amines is 1. The van der Waals surface area contributed by atoms with Gasteiger partial charge in [0.15, 0.2) is 0 Å². The Balaban J connectivity index is 2.54. The molecule has 2 nitrogen and oxygen atoms in total. The van der Waals surface area contributed by atoms with Crippen LogP contribution >= 0.6 is 0 Å². The van der Waals surface area contributed by atoms with Crippen molar-refractivity contribution in [2.24, 2.45) is 0 Å². The van der Waals surface area contributed by atoms with Gasteiger partial charge in [-0.1, -0.05) is 13.8 Å². The molecule has 0 aliphatic rings. The van der Waals surface area contributed by atoms with E-state index >= 15 is 0 Å². The minimum atomic E-state index is -4.34. The van der Waals surface area contributed by atoms with Crippen molar-refractivity contribution in [3.63, 3.8) is 0 Å². The van der Waals surface area contributed by atoms with Crippen LogP contribution in [0.15, 0.2) is 18.3 Å². The molecule has 0 saturated carbocycles. The molecule has 86 valence electrons. The van der Waals surface area contributed by atoms with Gasteiger partial charge < -0.3 is 4.98 Å². The molecule has 0 fully saturated rings. The molecule has 0 spiro atoms. The maximum atomic E-state index is 12.4. The van der Waals surface area contributed by atoms with E-state index < -0.39 is 11.7 Å². The summed E-state index contributed by atoms with van der Waals surface area (Å²) in [6.45, 7) is 3.94. The summed E-state index contributed by atoms with van der Waals surface area (Å²) in [7, 11) is 0. The van der Waals surface area contributed by atoms with Gasteiger partial charge in [-0.2, -0.15) is 13.2 Å². The fourth-order valence-corrected chi connectivity index (χ4v) is 1.50. The van der Waals surface area contributed by atoms with E-state index in [0.29, 0.717) is 11.0 Å². The highest BCUT2D eigenvalue weighted by Crippen LogP contribution is 2.31. The molecular weight excluding hydrogens is 217 g/mol. The van der Waals surface area contributed by atoms with Crippen molar-refractivity contribution in [3.8, 4) is 0 Å². The molecule has 1 N–H and O–H groups in total. The van der Waals surface area contributed by atoms with Crippen LogP contribution in [0, 0.1) is 0 Å². The molecule has 2 rings (SSSR count). The minimum Gasteiger partial charge on any atom is -0.343 e. The number of aromatic nitrogens is 2. The molecule has 0 unspecified atom stereocenters. The van der Waals surface area contributed by atoms with Crippen molar-refractivity contribution >= 4 is 11.0 Å². The number of halogens is 3. The fourth-order valence-electron chi connectivity index (χ4n) is 1.50. The molecule has 0 radical (unpaired) electrons. The van der Waals surface area contributed by atoms with Crippen molar-refractivity contribution in [3.05, 3.63) is 29.6 Å². The molecule has 2 aromatic rings. The molecule has 0 saturated heterocycles. The van der Waals surface area contributed by atoms with Crippen molar-refractivity contribution in [1.82, 2.24) is 9.97 Å². The predicted molar refractivity (Wildman–Crippen MR) is 55.2 cm³/mol. The summed E-state index contributed by atoms with van der Waals surface area (Å²) in [6, 6.07) is 2.83. The largest absolute Gasteiger partial charge is 0.417 e. The van der Waals surface area contributed by atoms with Gasteiger partial charge in [-0.25, -0.2) is 4.98 Å². The van der Waals surface area contributed by atoms with E-state index in [1.165, 1.54) is 0 Å². The van der Waals surface area contributed by atoms with Crippen LogP contribution in [0.1, 0.15) is 31.0 Å². The van der Waals surface area contributed by atoms with Crippen LogP contribution in [-0.4, -0.2) is 9.97 Å². The van der Waals surface area contributed by atoms with E-state index in [1.807, 2.05) is 13.8 Å². The van der Waals surface area contributed by atoms with Crippen molar-refractivity contribution in [1.29, 1.82) is 0 Å². The zero-order chi connectivity index (χ0) is 11.9. The zero-order valence-electron chi connectivity index (χ0n) is 8.89. The molecule has 2 aromatic heterocycles.